The molecule has 4 aromatic rings. The Kier molecular flexibility index (Phi) is 5.32. The first kappa shape index (κ1) is 20.4. The van der Waals surface area contributed by atoms with Gasteiger partial charge in [0.25, 0.3) is 5.91 Å². The average Bonchev–Trinajstić information content (AvgIpc) is 3.28. The van der Waals surface area contributed by atoms with E-state index in [0.717, 1.165) is 11.1 Å². The van der Waals surface area contributed by atoms with Crippen molar-refractivity contribution in [3.63, 3.8) is 0 Å². The van der Waals surface area contributed by atoms with E-state index in [-0.39, 0.29) is 5.91 Å². The zero-order valence-electron chi connectivity index (χ0n) is 18.2. The van der Waals surface area contributed by atoms with Gasteiger partial charge in [0.05, 0.1) is 12.7 Å². The van der Waals surface area contributed by atoms with Gasteiger partial charge >= 0.3 is 0 Å². The molecule has 8 nitrogen and oxygen atoms in total. The van der Waals surface area contributed by atoms with E-state index in [9.17, 15) is 4.79 Å². The lowest BCUT2D eigenvalue weighted by Gasteiger charge is -2.28. The summed E-state index contributed by atoms with van der Waals surface area (Å²) in [4.78, 5) is 22.4. The van der Waals surface area contributed by atoms with Crippen molar-refractivity contribution in [1.82, 2.24) is 19.7 Å². The number of carbonyl (C=O) groups is 1. The molecule has 2 N–H and O–H groups in total. The second-order valence-electron chi connectivity index (χ2n) is 7.61. The monoisotopic (exact) mass is 438 g/mol. The first-order valence-electron chi connectivity index (χ1n) is 10.5. The second kappa shape index (κ2) is 8.58. The van der Waals surface area contributed by atoms with Gasteiger partial charge in [-0.25, -0.2) is 4.68 Å². The molecule has 0 saturated heterocycles. The fraction of sp³-hybridized carbons (Fsp3) is 0.120. The Morgan fingerprint density at radius 2 is 1.94 bits per heavy atom. The molecule has 5 rings (SSSR count). The molecule has 0 bridgehead atoms. The third-order valence-electron chi connectivity index (χ3n) is 5.46. The van der Waals surface area contributed by atoms with Gasteiger partial charge in [-0.1, -0.05) is 36.4 Å². The molecule has 164 valence electrons. The standard InChI is InChI=1S/C25H22N6O2/c1-16-21(24(32)28-19-10-4-3-5-11-19)22(18-9-7-13-26-15-18)31-25(27-16)29-23(30-31)17-8-6-12-20(14-17)33-2/h3-15,22H,1-2H3,(H,28,32)(H,27,29,30). The Balaban J connectivity index is 1.59. The van der Waals surface area contributed by atoms with Crippen LogP contribution in [0.1, 0.15) is 18.5 Å². The highest BCUT2D eigenvalue weighted by Crippen LogP contribution is 2.36. The molecule has 0 fully saturated rings. The highest BCUT2D eigenvalue weighted by atomic mass is 16.5. The summed E-state index contributed by atoms with van der Waals surface area (Å²) in [6.45, 7) is 1.87. The molecule has 1 amide bonds. The van der Waals surface area contributed by atoms with Crippen molar-refractivity contribution < 1.29 is 9.53 Å². The number of allylic oxidation sites excluding steroid dienone is 1. The van der Waals surface area contributed by atoms with Gasteiger partial charge in [0.15, 0.2) is 5.82 Å². The number of pyridine rings is 1. The first-order chi connectivity index (χ1) is 16.1. The molecule has 33 heavy (non-hydrogen) atoms. The van der Waals surface area contributed by atoms with Gasteiger partial charge in [-0.15, -0.1) is 5.10 Å². The molecule has 8 heteroatoms. The van der Waals surface area contributed by atoms with Gasteiger partial charge in [0, 0.05) is 29.3 Å². The van der Waals surface area contributed by atoms with Crippen LogP contribution in [0.3, 0.4) is 0 Å². The molecular formula is C25H22N6O2. The molecule has 0 spiro atoms. The lowest BCUT2D eigenvalue weighted by molar-refractivity contribution is -0.113. The molecule has 0 radical (unpaired) electrons. The zero-order chi connectivity index (χ0) is 22.8. The minimum absolute atomic E-state index is 0.218. The summed E-state index contributed by atoms with van der Waals surface area (Å²) >= 11 is 0. The molecule has 2 aromatic carbocycles. The Morgan fingerprint density at radius 1 is 1.09 bits per heavy atom. The van der Waals surface area contributed by atoms with Gasteiger partial charge in [0.1, 0.15) is 11.8 Å². The van der Waals surface area contributed by atoms with E-state index in [1.54, 1.807) is 24.2 Å². The summed E-state index contributed by atoms with van der Waals surface area (Å²) in [6, 6.07) is 20.2. The maximum absolute atomic E-state index is 13.4. The third kappa shape index (κ3) is 3.94. The predicted molar refractivity (Wildman–Crippen MR) is 126 cm³/mol. The lowest BCUT2D eigenvalue weighted by atomic mass is 9.96. The van der Waals surface area contributed by atoms with E-state index in [0.29, 0.717) is 34.5 Å². The van der Waals surface area contributed by atoms with E-state index in [4.69, 9.17) is 14.8 Å². The third-order valence-corrected chi connectivity index (χ3v) is 5.46. The average molecular weight is 438 g/mol. The van der Waals surface area contributed by atoms with E-state index < -0.39 is 6.04 Å². The number of nitrogens with one attached hydrogen (secondary N) is 2. The van der Waals surface area contributed by atoms with E-state index in [1.165, 1.54) is 0 Å². The summed E-state index contributed by atoms with van der Waals surface area (Å²) < 4.78 is 7.08. The summed E-state index contributed by atoms with van der Waals surface area (Å²) in [5.41, 5.74) is 3.61. The van der Waals surface area contributed by atoms with Gasteiger partial charge in [0.2, 0.25) is 5.95 Å². The van der Waals surface area contributed by atoms with Crippen molar-refractivity contribution >= 4 is 17.5 Å². The number of anilines is 2. The maximum atomic E-state index is 13.4. The SMILES string of the molecule is COc1cccc(-c2nc3n(n2)C(c2cccnc2)C(C(=O)Nc2ccccc2)=C(C)N3)c1. The van der Waals surface area contributed by atoms with Crippen LogP contribution in [0, 0.1) is 0 Å². The quantitative estimate of drug-likeness (QED) is 0.483. The highest BCUT2D eigenvalue weighted by molar-refractivity contribution is 6.06. The van der Waals surface area contributed by atoms with E-state index in [2.05, 4.69) is 15.6 Å². The molecule has 1 aliphatic rings. The fourth-order valence-corrected chi connectivity index (χ4v) is 3.90. The van der Waals surface area contributed by atoms with E-state index >= 15 is 0 Å². The second-order valence-corrected chi connectivity index (χ2v) is 7.61. The minimum atomic E-state index is -0.495. The number of para-hydroxylation sites is 1. The van der Waals surface area contributed by atoms with Crippen molar-refractivity contribution in [3.8, 4) is 17.1 Å². The summed E-state index contributed by atoms with van der Waals surface area (Å²) in [6.07, 6.45) is 3.45. The van der Waals surface area contributed by atoms with Gasteiger partial charge in [-0.05, 0) is 42.8 Å². The number of hydrogen-bond acceptors (Lipinski definition) is 6. The highest BCUT2D eigenvalue weighted by Gasteiger charge is 2.34. The number of ether oxygens (including phenoxy) is 1. The number of carbonyl (C=O) groups excluding carboxylic acids is 1. The van der Waals surface area contributed by atoms with Crippen LogP contribution in [0.4, 0.5) is 11.6 Å². The maximum Gasteiger partial charge on any atom is 0.255 e. The molecule has 0 aliphatic carbocycles. The van der Waals surface area contributed by atoms with Crippen molar-refractivity contribution in [1.29, 1.82) is 0 Å². The van der Waals surface area contributed by atoms with Crippen LogP contribution in [-0.4, -0.2) is 32.8 Å². The number of methoxy groups -OCH3 is 1. The number of amides is 1. The minimum Gasteiger partial charge on any atom is -0.497 e. The van der Waals surface area contributed by atoms with Crippen molar-refractivity contribution in [2.24, 2.45) is 0 Å². The summed E-state index contributed by atoms with van der Waals surface area (Å²) in [5, 5.41) is 11.0. The molecule has 1 unspecified atom stereocenters. The lowest BCUT2D eigenvalue weighted by Crippen LogP contribution is -2.31. The van der Waals surface area contributed by atoms with Crippen LogP contribution in [0.25, 0.3) is 11.4 Å². The molecule has 3 heterocycles. The number of benzene rings is 2. The Morgan fingerprint density at radius 3 is 2.70 bits per heavy atom. The molecule has 1 aliphatic heterocycles. The number of aromatic nitrogens is 4. The summed E-state index contributed by atoms with van der Waals surface area (Å²) in [7, 11) is 1.62. The number of fused-ring (bicyclic) bond motifs is 1. The Bertz CT molecular complexity index is 1330. The van der Waals surface area contributed by atoms with Gasteiger partial charge in [-0.2, -0.15) is 4.98 Å². The van der Waals surface area contributed by atoms with E-state index in [1.807, 2.05) is 73.7 Å². The predicted octanol–water partition coefficient (Wildman–Crippen LogP) is 4.28. The normalized spacial score (nSPS) is 14.9. The first-order valence-corrected chi connectivity index (χ1v) is 10.5. The molecule has 0 saturated carbocycles. The van der Waals surface area contributed by atoms with Crippen LogP contribution in [0.15, 0.2) is 90.4 Å². The molecule has 2 aromatic heterocycles. The summed E-state index contributed by atoms with van der Waals surface area (Å²) in [5.74, 6) is 1.58. The van der Waals surface area contributed by atoms with Crippen molar-refractivity contribution in [3.05, 3.63) is 96.0 Å². The van der Waals surface area contributed by atoms with Gasteiger partial charge < -0.3 is 15.4 Å². The smallest absolute Gasteiger partial charge is 0.255 e. The number of hydrogen-bond donors (Lipinski definition) is 2. The fourth-order valence-electron chi connectivity index (χ4n) is 3.90. The van der Waals surface area contributed by atoms with Crippen LogP contribution in [0.2, 0.25) is 0 Å². The topological polar surface area (TPSA) is 94.0 Å². The van der Waals surface area contributed by atoms with Crippen LogP contribution in [0.5, 0.6) is 5.75 Å². The van der Waals surface area contributed by atoms with Crippen molar-refractivity contribution in [2.75, 3.05) is 17.7 Å². The number of rotatable bonds is 5. The Labute approximate surface area is 191 Å². The molecular weight excluding hydrogens is 416 g/mol. The Hall–Kier alpha value is -4.46. The molecule has 1 atom stereocenters. The zero-order valence-corrected chi connectivity index (χ0v) is 18.2. The van der Waals surface area contributed by atoms with Crippen LogP contribution < -0.4 is 15.4 Å². The van der Waals surface area contributed by atoms with Gasteiger partial charge in [-0.3, -0.25) is 9.78 Å². The largest absolute Gasteiger partial charge is 0.497 e. The number of nitrogens with zero attached hydrogens (tertiary/aromatic N) is 4. The van der Waals surface area contributed by atoms with Crippen molar-refractivity contribution in [2.45, 2.75) is 13.0 Å². The van der Waals surface area contributed by atoms with Crippen LogP contribution in [-0.2, 0) is 4.79 Å². The van der Waals surface area contributed by atoms with Crippen LogP contribution >= 0.6 is 0 Å².